The average Bonchev–Trinajstić information content (AvgIpc) is 3.19. The lowest BCUT2D eigenvalue weighted by molar-refractivity contribution is -0.0133. The molecule has 0 aromatic carbocycles. The van der Waals surface area contributed by atoms with E-state index in [0.717, 1.165) is 0 Å². The molecule has 1 saturated carbocycles. The van der Waals surface area contributed by atoms with Gasteiger partial charge >= 0.3 is 13.3 Å². The van der Waals surface area contributed by atoms with E-state index in [1.54, 1.807) is 19.9 Å². The minimum absolute atomic E-state index is 0.0725. The SMILES string of the molecule is CCOP(=O)(/C=C/[C@H]1C[C@@H](n2ccc(=O)[nH]c2=O)C(OC)C1OP(OCCC#N)N(C(C)C)C(C)C)OCC. The zero-order valence-corrected chi connectivity index (χ0v) is 25.6. The van der Waals surface area contributed by atoms with Crippen molar-refractivity contribution in [1.29, 1.82) is 5.26 Å². The number of nitriles is 1. The van der Waals surface area contributed by atoms with Gasteiger partial charge < -0.3 is 22.8 Å². The van der Waals surface area contributed by atoms with E-state index < -0.39 is 45.6 Å². The summed E-state index contributed by atoms with van der Waals surface area (Å²) in [5, 5.41) is 9.07. The van der Waals surface area contributed by atoms with E-state index in [0.29, 0.717) is 6.42 Å². The Morgan fingerprint density at radius 3 is 2.36 bits per heavy atom. The average molecular weight is 589 g/mol. The van der Waals surface area contributed by atoms with Crippen LogP contribution >= 0.6 is 16.1 Å². The maximum absolute atomic E-state index is 13.2. The molecule has 0 radical (unpaired) electrons. The van der Waals surface area contributed by atoms with Crippen molar-refractivity contribution in [2.24, 2.45) is 5.92 Å². The molecular weight excluding hydrogens is 546 g/mol. The molecule has 0 amide bonds. The van der Waals surface area contributed by atoms with Gasteiger partial charge in [0.05, 0.1) is 38.4 Å². The third kappa shape index (κ3) is 9.17. The van der Waals surface area contributed by atoms with Crippen LogP contribution in [0.2, 0.25) is 0 Å². The summed E-state index contributed by atoms with van der Waals surface area (Å²) in [6, 6.07) is 3.02. The van der Waals surface area contributed by atoms with Crippen LogP contribution in [0, 0.1) is 17.2 Å². The molecule has 0 saturated heterocycles. The molecule has 14 heteroatoms. The number of H-pyrrole nitrogens is 1. The molecule has 2 rings (SSSR count). The number of nitrogens with zero attached hydrogens (tertiary/aromatic N) is 3. The van der Waals surface area contributed by atoms with E-state index in [4.69, 9.17) is 28.1 Å². The van der Waals surface area contributed by atoms with Crippen molar-refractivity contribution in [3.05, 3.63) is 45.0 Å². The molecule has 1 aromatic heterocycles. The molecule has 1 aliphatic carbocycles. The third-order valence-corrected chi connectivity index (χ3v) is 10.0. The minimum Gasteiger partial charge on any atom is -0.377 e. The molecule has 0 spiro atoms. The summed E-state index contributed by atoms with van der Waals surface area (Å²) in [4.78, 5) is 26.7. The van der Waals surface area contributed by atoms with Gasteiger partial charge in [0.15, 0.2) is 0 Å². The molecule has 1 aliphatic rings. The highest BCUT2D eigenvalue weighted by atomic mass is 31.2. The van der Waals surface area contributed by atoms with Crippen molar-refractivity contribution >= 4 is 16.1 Å². The molecule has 1 aromatic rings. The summed E-state index contributed by atoms with van der Waals surface area (Å²) in [5.74, 6) is 1.06. The van der Waals surface area contributed by atoms with Gasteiger partial charge in [0.2, 0.25) is 0 Å². The van der Waals surface area contributed by atoms with Crippen LogP contribution in [0.3, 0.4) is 0 Å². The first-order valence-corrected chi connectivity index (χ1v) is 15.9. The number of rotatable bonds is 16. The van der Waals surface area contributed by atoms with E-state index in [1.165, 1.54) is 29.8 Å². The molecule has 1 N–H and O–H groups in total. The first-order valence-electron chi connectivity index (χ1n) is 13.2. The van der Waals surface area contributed by atoms with Crippen LogP contribution in [0.1, 0.15) is 60.4 Å². The first kappa shape index (κ1) is 33.5. The standard InChI is InChI=1S/C25H42N4O8P2/c1-8-35-39(32,36-9-2)16-12-20-17-21(28-14-11-22(30)27-25(28)31)24(33-7)23(20)37-38(34-15-10-13-26)29(18(3)4)19(5)6/h11-12,14,16,18-21,23-24H,8-10,15,17H2,1-7H3,(H,27,30,31)/b16-12+/t20-,21+,23?,24?,38?/m0/s1. The smallest absolute Gasteiger partial charge is 0.353 e. The Morgan fingerprint density at radius 1 is 1.21 bits per heavy atom. The van der Waals surface area contributed by atoms with Gasteiger partial charge in [0, 0.05) is 43.2 Å². The van der Waals surface area contributed by atoms with Crippen LogP contribution in [0.4, 0.5) is 0 Å². The number of aromatic nitrogens is 2. The van der Waals surface area contributed by atoms with Crippen molar-refractivity contribution in [3.8, 4) is 6.07 Å². The Bertz CT molecular complexity index is 1110. The summed E-state index contributed by atoms with van der Waals surface area (Å²) < 4.78 is 46.3. The lowest BCUT2D eigenvalue weighted by Crippen LogP contribution is -2.40. The van der Waals surface area contributed by atoms with Crippen molar-refractivity contribution in [2.45, 2.75) is 84.7 Å². The van der Waals surface area contributed by atoms with E-state index in [9.17, 15) is 14.2 Å². The molecule has 1 fully saturated rings. The van der Waals surface area contributed by atoms with Gasteiger partial charge in [-0.2, -0.15) is 5.26 Å². The summed E-state index contributed by atoms with van der Waals surface area (Å²) >= 11 is 0. The topological polar surface area (TPSA) is 145 Å². The van der Waals surface area contributed by atoms with Crippen molar-refractivity contribution in [3.63, 3.8) is 0 Å². The van der Waals surface area contributed by atoms with E-state index in [1.807, 2.05) is 27.7 Å². The summed E-state index contributed by atoms with van der Waals surface area (Å²) in [6.07, 6.45) is 2.52. The van der Waals surface area contributed by atoms with Crippen LogP contribution in [-0.4, -0.2) is 65.4 Å². The highest BCUT2D eigenvalue weighted by molar-refractivity contribution is 7.57. The Morgan fingerprint density at radius 2 is 1.85 bits per heavy atom. The quantitative estimate of drug-likeness (QED) is 0.216. The van der Waals surface area contributed by atoms with Crippen molar-refractivity contribution < 1.29 is 27.4 Å². The molecule has 0 aliphatic heterocycles. The molecule has 3 unspecified atom stereocenters. The zero-order valence-electron chi connectivity index (χ0n) is 23.8. The number of nitrogens with one attached hydrogen (secondary N) is 1. The van der Waals surface area contributed by atoms with E-state index in [2.05, 4.69) is 15.7 Å². The van der Waals surface area contributed by atoms with Crippen LogP contribution in [-0.2, 0) is 27.4 Å². The summed E-state index contributed by atoms with van der Waals surface area (Å²) in [5.41, 5.74) is -1.06. The van der Waals surface area contributed by atoms with Gasteiger partial charge in [-0.25, -0.2) is 9.46 Å². The summed E-state index contributed by atoms with van der Waals surface area (Å²) in [7, 11) is -3.62. The molecule has 39 heavy (non-hydrogen) atoms. The Labute approximate surface area is 231 Å². The van der Waals surface area contributed by atoms with Crippen LogP contribution in [0.15, 0.2) is 33.7 Å². The second-order valence-electron chi connectivity index (χ2n) is 9.52. The lowest BCUT2D eigenvalue weighted by Gasteiger charge is -2.38. The first-order chi connectivity index (χ1) is 18.5. The largest absolute Gasteiger partial charge is 0.377 e. The third-order valence-electron chi connectivity index (χ3n) is 6.13. The molecule has 0 bridgehead atoms. The number of hydrogen-bond donors (Lipinski definition) is 1. The van der Waals surface area contributed by atoms with Gasteiger partial charge in [-0.3, -0.25) is 18.9 Å². The molecular formula is C25H42N4O8P2. The molecule has 1 heterocycles. The predicted octanol–water partition coefficient (Wildman–Crippen LogP) is 4.55. The number of methoxy groups -OCH3 is 1. The highest BCUT2D eigenvalue weighted by Crippen LogP contribution is 2.54. The lowest BCUT2D eigenvalue weighted by atomic mass is 10.1. The number of ether oxygens (including phenoxy) is 1. The number of aromatic amines is 1. The zero-order chi connectivity index (χ0) is 29.2. The van der Waals surface area contributed by atoms with Gasteiger partial charge in [0.25, 0.3) is 14.1 Å². The van der Waals surface area contributed by atoms with Crippen LogP contribution in [0.25, 0.3) is 0 Å². The second kappa shape index (κ2) is 15.9. The maximum atomic E-state index is 13.2. The monoisotopic (exact) mass is 588 g/mol. The van der Waals surface area contributed by atoms with E-state index >= 15 is 0 Å². The molecule has 5 atom stereocenters. The second-order valence-corrected chi connectivity index (χ2v) is 12.8. The Balaban J connectivity index is 2.56. The fourth-order valence-electron chi connectivity index (χ4n) is 4.69. The van der Waals surface area contributed by atoms with Crippen LogP contribution in [0.5, 0.6) is 0 Å². The van der Waals surface area contributed by atoms with Gasteiger partial charge in [0.1, 0.15) is 12.2 Å². The Kier molecular flexibility index (Phi) is 13.7. The Hall–Kier alpha value is -1.67. The van der Waals surface area contributed by atoms with Crippen LogP contribution < -0.4 is 11.2 Å². The normalized spacial score (nSPS) is 22.8. The fraction of sp³-hybridized carbons (Fsp3) is 0.720. The molecule has 12 nitrogen and oxygen atoms in total. The van der Waals surface area contributed by atoms with E-state index in [-0.39, 0.29) is 44.2 Å². The number of hydrogen-bond acceptors (Lipinski definition) is 10. The van der Waals surface area contributed by atoms with Crippen molar-refractivity contribution in [2.75, 3.05) is 26.9 Å². The molecule has 220 valence electrons. The van der Waals surface area contributed by atoms with Gasteiger partial charge in [-0.05, 0) is 48.0 Å². The van der Waals surface area contributed by atoms with Gasteiger partial charge in [-0.15, -0.1) is 0 Å². The highest BCUT2D eigenvalue weighted by Gasteiger charge is 2.47. The fourth-order valence-corrected chi connectivity index (χ4v) is 7.87. The maximum Gasteiger partial charge on any atom is 0.353 e. The minimum atomic E-state index is -3.51. The van der Waals surface area contributed by atoms with Crippen molar-refractivity contribution in [1.82, 2.24) is 14.2 Å². The van der Waals surface area contributed by atoms with Gasteiger partial charge in [-0.1, -0.05) is 6.08 Å². The predicted molar refractivity (Wildman–Crippen MR) is 149 cm³/mol. The summed E-state index contributed by atoms with van der Waals surface area (Å²) in [6.45, 7) is 12.2.